The summed E-state index contributed by atoms with van der Waals surface area (Å²) >= 11 is 0. The molecule has 0 N–H and O–H groups in total. The van der Waals surface area contributed by atoms with Crippen LogP contribution in [0.2, 0.25) is 0 Å². The Morgan fingerprint density at radius 2 is 0.588 bits per heavy atom. The number of carbonyl (C=O) groups excluding carboxylic acids is 3. The van der Waals surface area contributed by atoms with Crippen LogP contribution in [0.4, 0.5) is 0 Å². The quantitative estimate of drug-likeness (QED) is 0.0262. The van der Waals surface area contributed by atoms with E-state index in [9.17, 15) is 14.4 Å². The zero-order chi connectivity index (χ0) is 49.3. The van der Waals surface area contributed by atoms with E-state index < -0.39 is 6.10 Å². The summed E-state index contributed by atoms with van der Waals surface area (Å²) in [5.41, 5.74) is 0. The van der Waals surface area contributed by atoms with E-state index in [1.807, 2.05) is 0 Å². The predicted octanol–water partition coefficient (Wildman–Crippen LogP) is 19.2. The standard InChI is InChI=1S/C62H106O6/c1-4-7-10-13-16-19-22-25-28-30-31-33-34-37-40-43-46-49-52-55-61(64)67-58-59(57-66-60(63)54-51-48-45-42-39-36-27-24-21-18-15-12-9-6-3)68-62(65)56-53-50-47-44-41-38-35-32-29-26-23-20-17-14-11-8-5-2/h7,10,15-16,18-19,24-29,31,33,59H,4-6,8-9,11-14,17,20-23,30,32,34-58H2,1-3H3/b10-7-,18-15-,19-16-,27-24-,28-25-,29-26-,33-31-. The van der Waals surface area contributed by atoms with Gasteiger partial charge in [0.15, 0.2) is 6.10 Å². The normalized spacial score (nSPS) is 12.7. The zero-order valence-electron chi connectivity index (χ0n) is 44.6. The molecule has 0 saturated carbocycles. The zero-order valence-corrected chi connectivity index (χ0v) is 44.6. The van der Waals surface area contributed by atoms with Crippen LogP contribution in [0.1, 0.15) is 271 Å². The molecule has 1 unspecified atom stereocenters. The van der Waals surface area contributed by atoms with Crippen molar-refractivity contribution in [3.8, 4) is 0 Å². The number of unbranched alkanes of at least 4 members (excludes halogenated alkanes) is 26. The van der Waals surface area contributed by atoms with Gasteiger partial charge in [-0.1, -0.05) is 228 Å². The largest absolute Gasteiger partial charge is 0.462 e. The van der Waals surface area contributed by atoms with E-state index in [0.29, 0.717) is 19.3 Å². The SMILES string of the molecule is CC/C=C\C/C=C\C/C=C\C/C=C\CCCCCCCCC(=O)OCC(COC(=O)CCCCCCC/C=C\C/C=C\CCCC)OC(=O)CCCCCCCCC/C=C\CCCCCCCC. The van der Waals surface area contributed by atoms with Gasteiger partial charge in [0.1, 0.15) is 13.2 Å². The van der Waals surface area contributed by atoms with Crippen LogP contribution in [-0.4, -0.2) is 37.2 Å². The molecular formula is C62H106O6. The van der Waals surface area contributed by atoms with Crippen molar-refractivity contribution in [2.45, 2.75) is 277 Å². The summed E-state index contributed by atoms with van der Waals surface area (Å²) in [6.07, 6.45) is 72.8. The van der Waals surface area contributed by atoms with Gasteiger partial charge in [0, 0.05) is 19.3 Å². The first-order chi connectivity index (χ1) is 33.5. The molecule has 0 fully saturated rings. The Labute approximate surface area is 420 Å². The van der Waals surface area contributed by atoms with Gasteiger partial charge in [-0.15, -0.1) is 0 Å². The monoisotopic (exact) mass is 947 g/mol. The fourth-order valence-electron chi connectivity index (χ4n) is 7.80. The van der Waals surface area contributed by atoms with Crippen LogP contribution < -0.4 is 0 Å². The lowest BCUT2D eigenvalue weighted by molar-refractivity contribution is -0.167. The van der Waals surface area contributed by atoms with Crippen LogP contribution in [-0.2, 0) is 28.6 Å². The van der Waals surface area contributed by atoms with E-state index in [1.165, 1.54) is 116 Å². The van der Waals surface area contributed by atoms with Crippen molar-refractivity contribution in [1.82, 2.24) is 0 Å². The average Bonchev–Trinajstić information content (AvgIpc) is 3.34. The molecule has 0 aromatic heterocycles. The van der Waals surface area contributed by atoms with Crippen LogP contribution in [0.5, 0.6) is 0 Å². The molecule has 68 heavy (non-hydrogen) atoms. The fourth-order valence-corrected chi connectivity index (χ4v) is 7.80. The van der Waals surface area contributed by atoms with Gasteiger partial charge in [0.2, 0.25) is 0 Å². The van der Waals surface area contributed by atoms with Crippen molar-refractivity contribution in [3.63, 3.8) is 0 Å². The van der Waals surface area contributed by atoms with Gasteiger partial charge in [-0.25, -0.2) is 0 Å². The Morgan fingerprint density at radius 1 is 0.309 bits per heavy atom. The lowest BCUT2D eigenvalue weighted by Gasteiger charge is -2.18. The molecule has 0 rings (SSSR count). The summed E-state index contributed by atoms with van der Waals surface area (Å²) in [7, 11) is 0. The molecule has 0 amide bonds. The number of allylic oxidation sites excluding steroid dienone is 14. The maximum atomic E-state index is 12.9. The van der Waals surface area contributed by atoms with Gasteiger partial charge >= 0.3 is 17.9 Å². The van der Waals surface area contributed by atoms with E-state index in [-0.39, 0.29) is 31.1 Å². The highest BCUT2D eigenvalue weighted by Crippen LogP contribution is 2.15. The molecule has 0 aliphatic carbocycles. The topological polar surface area (TPSA) is 78.9 Å². The Hall–Kier alpha value is -3.41. The van der Waals surface area contributed by atoms with Crippen molar-refractivity contribution in [2.75, 3.05) is 13.2 Å². The number of ether oxygens (including phenoxy) is 3. The minimum atomic E-state index is -0.791. The molecule has 0 radical (unpaired) electrons. The van der Waals surface area contributed by atoms with E-state index in [0.717, 1.165) is 116 Å². The summed E-state index contributed by atoms with van der Waals surface area (Å²) in [5.74, 6) is -0.916. The molecule has 0 aromatic rings. The van der Waals surface area contributed by atoms with E-state index in [2.05, 4.69) is 106 Å². The van der Waals surface area contributed by atoms with Gasteiger partial charge in [0.05, 0.1) is 0 Å². The van der Waals surface area contributed by atoms with Crippen LogP contribution in [0.15, 0.2) is 85.1 Å². The maximum Gasteiger partial charge on any atom is 0.306 e. The summed E-state index contributed by atoms with van der Waals surface area (Å²) in [4.78, 5) is 38.2. The van der Waals surface area contributed by atoms with Gasteiger partial charge < -0.3 is 14.2 Å². The third kappa shape index (κ3) is 53.5. The van der Waals surface area contributed by atoms with Gasteiger partial charge in [-0.2, -0.15) is 0 Å². The lowest BCUT2D eigenvalue weighted by atomic mass is 10.1. The number of rotatable bonds is 51. The molecular weight excluding hydrogens is 841 g/mol. The summed E-state index contributed by atoms with van der Waals surface area (Å²) < 4.78 is 16.8. The highest BCUT2D eigenvalue weighted by atomic mass is 16.6. The molecule has 0 aliphatic heterocycles. The minimum absolute atomic E-state index is 0.0901. The van der Waals surface area contributed by atoms with Crippen molar-refractivity contribution in [2.24, 2.45) is 0 Å². The highest BCUT2D eigenvalue weighted by Gasteiger charge is 2.19. The lowest BCUT2D eigenvalue weighted by Crippen LogP contribution is -2.30. The molecule has 6 nitrogen and oxygen atoms in total. The van der Waals surface area contributed by atoms with Crippen LogP contribution in [0.25, 0.3) is 0 Å². The summed E-state index contributed by atoms with van der Waals surface area (Å²) in [6.45, 7) is 6.47. The molecule has 0 spiro atoms. The van der Waals surface area contributed by atoms with E-state index in [4.69, 9.17) is 14.2 Å². The van der Waals surface area contributed by atoms with Gasteiger partial charge in [-0.3, -0.25) is 14.4 Å². The second-order valence-corrected chi connectivity index (χ2v) is 18.8. The van der Waals surface area contributed by atoms with Crippen molar-refractivity contribution >= 4 is 17.9 Å². The average molecular weight is 948 g/mol. The summed E-state index contributed by atoms with van der Waals surface area (Å²) in [6, 6.07) is 0. The van der Waals surface area contributed by atoms with Crippen LogP contribution in [0, 0.1) is 0 Å². The predicted molar refractivity (Wildman–Crippen MR) is 293 cm³/mol. The second kappa shape index (κ2) is 56.2. The maximum absolute atomic E-state index is 12.9. The summed E-state index contributed by atoms with van der Waals surface area (Å²) in [5, 5.41) is 0. The molecule has 1 atom stereocenters. The van der Waals surface area contributed by atoms with Gasteiger partial charge in [-0.05, 0) is 109 Å². The third-order valence-corrected chi connectivity index (χ3v) is 12.1. The smallest absolute Gasteiger partial charge is 0.306 e. The Kier molecular flexibility index (Phi) is 53.4. The van der Waals surface area contributed by atoms with Crippen molar-refractivity contribution in [1.29, 1.82) is 0 Å². The molecule has 0 saturated heterocycles. The molecule has 6 heteroatoms. The van der Waals surface area contributed by atoms with Crippen molar-refractivity contribution in [3.05, 3.63) is 85.1 Å². The highest BCUT2D eigenvalue weighted by molar-refractivity contribution is 5.71. The Balaban J connectivity index is 4.42. The third-order valence-electron chi connectivity index (χ3n) is 12.1. The molecule has 0 aromatic carbocycles. The second-order valence-electron chi connectivity index (χ2n) is 18.8. The molecule has 0 heterocycles. The van der Waals surface area contributed by atoms with Crippen molar-refractivity contribution < 1.29 is 28.6 Å². The fraction of sp³-hybridized carbons (Fsp3) is 0.726. The van der Waals surface area contributed by atoms with Crippen LogP contribution >= 0.6 is 0 Å². The molecule has 0 aliphatic rings. The first-order valence-electron chi connectivity index (χ1n) is 28.6. The minimum Gasteiger partial charge on any atom is -0.462 e. The Morgan fingerprint density at radius 3 is 0.956 bits per heavy atom. The van der Waals surface area contributed by atoms with E-state index >= 15 is 0 Å². The number of carbonyl (C=O) groups is 3. The molecule has 0 bridgehead atoms. The number of hydrogen-bond acceptors (Lipinski definition) is 6. The Bertz CT molecular complexity index is 1320. The number of esters is 3. The van der Waals surface area contributed by atoms with E-state index in [1.54, 1.807) is 0 Å². The first kappa shape index (κ1) is 64.6. The van der Waals surface area contributed by atoms with Gasteiger partial charge in [0.25, 0.3) is 0 Å². The van der Waals surface area contributed by atoms with Crippen LogP contribution in [0.3, 0.4) is 0 Å². The number of hydrogen-bond donors (Lipinski definition) is 0. The molecule has 390 valence electrons. The first-order valence-corrected chi connectivity index (χ1v) is 28.6.